The molecular weight excluding hydrogens is 449 g/mol. The van der Waals surface area contributed by atoms with Crippen LogP contribution in [-0.4, -0.2) is 38.9 Å². The van der Waals surface area contributed by atoms with Crippen molar-refractivity contribution in [2.45, 2.75) is 6.04 Å². The number of aromatic nitrogens is 2. The van der Waals surface area contributed by atoms with Gasteiger partial charge in [-0.05, 0) is 47.1 Å². The van der Waals surface area contributed by atoms with Crippen molar-refractivity contribution in [3.63, 3.8) is 0 Å². The number of carbonyl (C=O) groups is 1. The molecule has 33 heavy (non-hydrogen) atoms. The topological polar surface area (TPSA) is 116 Å². The van der Waals surface area contributed by atoms with Gasteiger partial charge in [-0.1, -0.05) is 36.4 Å². The number of pyridine rings is 2. The molecule has 4 aromatic rings. The second-order valence-electron chi connectivity index (χ2n) is 7.43. The van der Waals surface area contributed by atoms with E-state index in [1.54, 1.807) is 30.6 Å². The Morgan fingerprint density at radius 1 is 1.12 bits per heavy atom. The third-order valence-corrected chi connectivity index (χ3v) is 5.51. The van der Waals surface area contributed by atoms with Gasteiger partial charge in [0.15, 0.2) is 0 Å². The van der Waals surface area contributed by atoms with Crippen molar-refractivity contribution in [3.8, 4) is 22.6 Å². The molecule has 8 nitrogen and oxygen atoms in total. The van der Waals surface area contributed by atoms with E-state index in [9.17, 15) is 14.7 Å². The van der Waals surface area contributed by atoms with E-state index >= 15 is 0 Å². The summed E-state index contributed by atoms with van der Waals surface area (Å²) in [6.07, 6.45) is 3.49. The number of nitrogens with zero attached hydrogens (tertiary/aromatic N) is 3. The number of benzene rings is 2. The molecule has 1 unspecified atom stereocenters. The van der Waals surface area contributed by atoms with Crippen LogP contribution in [-0.2, 0) is 4.79 Å². The monoisotopic (exact) mass is 467 g/mol. The van der Waals surface area contributed by atoms with E-state index in [-0.39, 0.29) is 69.4 Å². The van der Waals surface area contributed by atoms with E-state index in [0.717, 1.165) is 16.7 Å². The zero-order chi connectivity index (χ0) is 22.2. The Kier molecular flexibility index (Phi) is 6.87. The van der Waals surface area contributed by atoms with Crippen LogP contribution < -0.4 is 61.7 Å². The predicted octanol–water partition coefficient (Wildman–Crippen LogP) is 0.845. The quantitative estimate of drug-likeness (QED) is 0.421. The summed E-state index contributed by atoms with van der Waals surface area (Å²) >= 11 is 0. The van der Waals surface area contributed by atoms with Gasteiger partial charge in [-0.25, -0.2) is 0 Å². The first-order valence-electron chi connectivity index (χ1n) is 9.97. The van der Waals surface area contributed by atoms with E-state index < -0.39 is 24.1 Å². The first kappa shape index (κ1) is 23.5. The van der Waals surface area contributed by atoms with Gasteiger partial charge in [-0.15, -0.1) is 0 Å². The zero-order valence-electron chi connectivity index (χ0n) is 17.8. The SMILES string of the molecule is O=C(O)C[N-]c1c(O)c2cccc3c2n(c1=O)C(c1ccc(-c2cccnc2)cc1)CO3.[K+]. The van der Waals surface area contributed by atoms with Crippen LogP contribution in [0.3, 0.4) is 0 Å². The van der Waals surface area contributed by atoms with E-state index in [1.807, 2.05) is 36.4 Å². The van der Waals surface area contributed by atoms with Crippen molar-refractivity contribution in [2.24, 2.45) is 0 Å². The van der Waals surface area contributed by atoms with Gasteiger partial charge in [0, 0.05) is 17.8 Å². The van der Waals surface area contributed by atoms with Crippen molar-refractivity contribution >= 4 is 22.6 Å². The van der Waals surface area contributed by atoms with Gasteiger partial charge in [0.2, 0.25) is 5.56 Å². The third-order valence-electron chi connectivity index (χ3n) is 5.51. The van der Waals surface area contributed by atoms with Crippen molar-refractivity contribution in [1.29, 1.82) is 0 Å². The Morgan fingerprint density at radius 3 is 2.61 bits per heavy atom. The van der Waals surface area contributed by atoms with Crippen LogP contribution >= 0.6 is 0 Å². The van der Waals surface area contributed by atoms with Crippen molar-refractivity contribution in [1.82, 2.24) is 9.55 Å². The van der Waals surface area contributed by atoms with Crippen molar-refractivity contribution in [3.05, 3.63) is 88.2 Å². The summed E-state index contributed by atoms with van der Waals surface area (Å²) in [4.78, 5) is 28.5. The summed E-state index contributed by atoms with van der Waals surface area (Å²) in [5.41, 5.74) is 2.43. The van der Waals surface area contributed by atoms with Gasteiger partial charge < -0.3 is 20.3 Å². The van der Waals surface area contributed by atoms with Gasteiger partial charge in [0.1, 0.15) is 18.1 Å². The molecule has 1 aliphatic rings. The van der Waals surface area contributed by atoms with Gasteiger partial charge >= 0.3 is 51.4 Å². The Balaban J connectivity index is 0.00000259. The third kappa shape index (κ3) is 4.30. The minimum atomic E-state index is -1.19. The van der Waals surface area contributed by atoms with Crippen LogP contribution in [0.4, 0.5) is 5.69 Å². The predicted molar refractivity (Wildman–Crippen MR) is 119 cm³/mol. The number of para-hydroxylation sites is 1. The molecule has 1 atom stereocenters. The zero-order valence-corrected chi connectivity index (χ0v) is 20.9. The average molecular weight is 468 g/mol. The Bertz CT molecular complexity index is 1390. The molecule has 0 radical (unpaired) electrons. The fourth-order valence-electron chi connectivity index (χ4n) is 4.03. The number of carboxylic acids is 1. The first-order valence-corrected chi connectivity index (χ1v) is 9.97. The minimum absolute atomic E-state index is 0. The summed E-state index contributed by atoms with van der Waals surface area (Å²) < 4.78 is 7.46. The molecule has 9 heteroatoms. The number of ether oxygens (including phenoxy) is 1. The maximum atomic E-state index is 13.4. The molecule has 0 fully saturated rings. The van der Waals surface area contributed by atoms with E-state index in [0.29, 0.717) is 16.7 Å². The summed E-state index contributed by atoms with van der Waals surface area (Å²) in [5, 5.41) is 23.9. The number of rotatable bonds is 5. The number of hydrogen-bond donors (Lipinski definition) is 2. The van der Waals surface area contributed by atoms with Crippen molar-refractivity contribution in [2.75, 3.05) is 13.2 Å². The first-order chi connectivity index (χ1) is 15.5. The molecule has 2 N–H and O–H groups in total. The van der Waals surface area contributed by atoms with Crippen molar-refractivity contribution < 1.29 is 71.1 Å². The van der Waals surface area contributed by atoms with Crippen LogP contribution in [0.1, 0.15) is 11.6 Å². The normalized spacial score (nSPS) is 14.2. The summed E-state index contributed by atoms with van der Waals surface area (Å²) in [5.74, 6) is -1.06. The molecule has 160 valence electrons. The number of aliphatic carboxylic acids is 1. The Hall–Kier alpha value is -2.69. The second kappa shape index (κ2) is 9.66. The van der Waals surface area contributed by atoms with Crippen LogP contribution in [0.5, 0.6) is 11.5 Å². The fourth-order valence-corrected chi connectivity index (χ4v) is 4.03. The second-order valence-corrected chi connectivity index (χ2v) is 7.43. The average Bonchev–Trinajstić information content (AvgIpc) is 2.82. The number of hydrogen-bond acceptors (Lipinski definition) is 5. The number of aromatic hydroxyl groups is 1. The molecular formula is C24H18KN3O5. The molecule has 3 heterocycles. The largest absolute Gasteiger partial charge is 1.00 e. The molecule has 1 aliphatic heterocycles. The smallest absolute Gasteiger partial charge is 0.668 e. The molecule has 2 aromatic carbocycles. The molecule has 0 amide bonds. The van der Waals surface area contributed by atoms with Gasteiger partial charge in [0.25, 0.3) is 5.97 Å². The molecule has 2 aromatic heterocycles. The summed E-state index contributed by atoms with van der Waals surface area (Å²) in [6.45, 7) is -0.406. The maximum Gasteiger partial charge on any atom is 1.00 e. The number of carboxylic acid groups (broad SMARTS) is 1. The maximum absolute atomic E-state index is 13.4. The fraction of sp³-hybridized carbons (Fsp3) is 0.125. The summed E-state index contributed by atoms with van der Waals surface area (Å²) in [7, 11) is 0. The Labute approximate surface area is 231 Å². The standard InChI is InChI=1S/C24H18N3O5.K/c28-20(29)12-26-21-23(30)17-4-1-5-19-22(17)27(24(21)31)18(13-32-19)15-8-6-14(7-9-15)16-3-2-10-25-11-16;/h1-11,18H,12-13H2,(H,28,29)(H,30,31);/q-1;+1. The molecule has 0 spiro atoms. The van der Waals surface area contributed by atoms with E-state index in [1.165, 1.54) is 4.57 Å². The molecule has 0 saturated heterocycles. The van der Waals surface area contributed by atoms with Gasteiger partial charge in [0.05, 0.1) is 11.6 Å². The van der Waals surface area contributed by atoms with E-state index in [4.69, 9.17) is 9.84 Å². The Morgan fingerprint density at radius 2 is 1.91 bits per heavy atom. The van der Waals surface area contributed by atoms with Gasteiger partial charge in [-0.2, -0.15) is 0 Å². The van der Waals surface area contributed by atoms with Crippen LogP contribution in [0.2, 0.25) is 0 Å². The van der Waals surface area contributed by atoms with Gasteiger partial charge in [-0.3, -0.25) is 19.1 Å². The molecule has 5 rings (SSSR count). The minimum Gasteiger partial charge on any atom is -0.668 e. The van der Waals surface area contributed by atoms with Crippen LogP contribution in [0.25, 0.3) is 27.3 Å². The molecule has 0 saturated carbocycles. The van der Waals surface area contributed by atoms with Crippen LogP contribution in [0.15, 0.2) is 71.8 Å². The summed E-state index contributed by atoms with van der Waals surface area (Å²) in [6, 6.07) is 16.2. The molecule has 0 bridgehead atoms. The van der Waals surface area contributed by atoms with Crippen LogP contribution in [0, 0.1) is 0 Å². The van der Waals surface area contributed by atoms with E-state index in [2.05, 4.69) is 10.3 Å². The molecule has 0 aliphatic carbocycles.